The molecular weight excluding hydrogens is 647 g/mol. The SMILES string of the molecule is c1ccc(-c2nc(-c3ccccc3)nc(-c3ccc4c(c3)sc3ccc(-c5ccccc5-c5cccc6sc7ccccc7c56)cc34)n2)cc1. The summed E-state index contributed by atoms with van der Waals surface area (Å²) in [5.41, 5.74) is 7.88. The minimum Gasteiger partial charge on any atom is -0.208 e. The van der Waals surface area contributed by atoms with Crippen molar-refractivity contribution in [2.45, 2.75) is 0 Å². The van der Waals surface area contributed by atoms with Gasteiger partial charge in [0.1, 0.15) is 0 Å². The molecule has 10 rings (SSSR count). The quantitative estimate of drug-likeness (QED) is 0.182. The lowest BCUT2D eigenvalue weighted by atomic mass is 9.91. The van der Waals surface area contributed by atoms with Gasteiger partial charge in [0.05, 0.1) is 0 Å². The number of nitrogens with zero attached hydrogens (tertiary/aromatic N) is 3. The van der Waals surface area contributed by atoms with Crippen molar-refractivity contribution in [1.82, 2.24) is 15.0 Å². The molecule has 234 valence electrons. The Hall–Kier alpha value is -6.01. The van der Waals surface area contributed by atoms with E-state index < -0.39 is 0 Å². The van der Waals surface area contributed by atoms with Crippen LogP contribution in [0.1, 0.15) is 0 Å². The fourth-order valence-corrected chi connectivity index (χ4v) is 9.25. The third-order valence-electron chi connectivity index (χ3n) is 9.36. The normalized spacial score (nSPS) is 11.6. The van der Waals surface area contributed by atoms with E-state index in [-0.39, 0.29) is 0 Å². The van der Waals surface area contributed by atoms with Gasteiger partial charge in [0.2, 0.25) is 0 Å². The van der Waals surface area contributed by atoms with E-state index in [9.17, 15) is 0 Å². The highest BCUT2D eigenvalue weighted by Gasteiger charge is 2.17. The molecule has 3 nitrogen and oxygen atoms in total. The van der Waals surface area contributed by atoms with Gasteiger partial charge >= 0.3 is 0 Å². The number of hydrogen-bond donors (Lipinski definition) is 0. The number of benzene rings is 7. The first-order valence-electron chi connectivity index (χ1n) is 16.6. The fraction of sp³-hybridized carbons (Fsp3) is 0. The largest absolute Gasteiger partial charge is 0.208 e. The van der Waals surface area contributed by atoms with Crippen LogP contribution in [0.15, 0.2) is 164 Å². The van der Waals surface area contributed by atoms with Crippen LogP contribution < -0.4 is 0 Å². The molecule has 0 bridgehead atoms. The van der Waals surface area contributed by atoms with E-state index in [1.54, 1.807) is 0 Å². The van der Waals surface area contributed by atoms with Crippen molar-refractivity contribution < 1.29 is 0 Å². The summed E-state index contributed by atoms with van der Waals surface area (Å²) in [5.74, 6) is 2.00. The van der Waals surface area contributed by atoms with Crippen molar-refractivity contribution in [3.63, 3.8) is 0 Å². The average Bonchev–Trinajstić information content (AvgIpc) is 3.76. The second-order valence-electron chi connectivity index (χ2n) is 12.4. The third kappa shape index (κ3) is 4.90. The van der Waals surface area contributed by atoms with Crippen LogP contribution in [0, 0.1) is 0 Å². The molecule has 50 heavy (non-hydrogen) atoms. The van der Waals surface area contributed by atoms with Gasteiger partial charge in [0, 0.05) is 57.0 Å². The van der Waals surface area contributed by atoms with Gasteiger partial charge in [-0.05, 0) is 52.6 Å². The molecule has 10 aromatic rings. The van der Waals surface area contributed by atoms with Gasteiger partial charge < -0.3 is 0 Å². The smallest absolute Gasteiger partial charge is 0.164 e. The third-order valence-corrected chi connectivity index (χ3v) is 11.6. The molecule has 0 saturated heterocycles. The standard InChI is InChI=1S/C45H27N3S2/c1-3-12-28(13-4-1)43-46-44(29-14-5-2-6-15-29)48-45(47-43)31-22-24-34-37-26-30(23-25-39(37)50-41(34)27-31)32-16-7-8-17-33(32)35-19-11-21-40-42(35)36-18-9-10-20-38(36)49-40/h1-27H. The predicted octanol–water partition coefficient (Wildman–Crippen LogP) is 12.9. The molecule has 0 aliphatic rings. The highest BCUT2D eigenvalue weighted by molar-refractivity contribution is 7.26. The van der Waals surface area contributed by atoms with Crippen LogP contribution in [0.4, 0.5) is 0 Å². The Bertz CT molecular complexity index is 2810. The summed E-state index contributed by atoms with van der Waals surface area (Å²) in [6.07, 6.45) is 0. The zero-order valence-corrected chi connectivity index (χ0v) is 28.4. The second kappa shape index (κ2) is 11.8. The summed E-state index contributed by atoms with van der Waals surface area (Å²) in [4.78, 5) is 14.8. The maximum absolute atomic E-state index is 4.97. The average molecular weight is 674 g/mol. The number of aromatic nitrogens is 3. The van der Waals surface area contributed by atoms with Crippen LogP contribution in [0.3, 0.4) is 0 Å². The van der Waals surface area contributed by atoms with Crippen LogP contribution in [-0.4, -0.2) is 15.0 Å². The Morgan fingerprint density at radius 2 is 0.860 bits per heavy atom. The number of fused-ring (bicyclic) bond motifs is 6. The predicted molar refractivity (Wildman–Crippen MR) is 213 cm³/mol. The molecule has 3 aromatic heterocycles. The van der Waals surface area contributed by atoms with E-state index in [0.717, 1.165) is 16.7 Å². The van der Waals surface area contributed by atoms with Crippen LogP contribution in [0.2, 0.25) is 0 Å². The minimum absolute atomic E-state index is 0.667. The van der Waals surface area contributed by atoms with E-state index in [1.165, 1.54) is 62.6 Å². The Morgan fingerprint density at radius 3 is 1.62 bits per heavy atom. The highest BCUT2D eigenvalue weighted by Crippen LogP contribution is 2.44. The van der Waals surface area contributed by atoms with Crippen molar-refractivity contribution in [1.29, 1.82) is 0 Å². The zero-order chi connectivity index (χ0) is 33.0. The van der Waals surface area contributed by atoms with Gasteiger partial charge in [-0.3, -0.25) is 0 Å². The summed E-state index contributed by atoms with van der Waals surface area (Å²) in [7, 11) is 0. The Balaban J connectivity index is 1.09. The molecule has 5 heteroatoms. The summed E-state index contributed by atoms with van der Waals surface area (Å²) >= 11 is 3.67. The molecule has 0 N–H and O–H groups in total. The van der Waals surface area contributed by atoms with E-state index in [4.69, 9.17) is 15.0 Å². The van der Waals surface area contributed by atoms with Gasteiger partial charge in [0.25, 0.3) is 0 Å². The van der Waals surface area contributed by atoms with E-state index in [0.29, 0.717) is 17.5 Å². The lowest BCUT2D eigenvalue weighted by molar-refractivity contribution is 1.07. The van der Waals surface area contributed by atoms with Crippen molar-refractivity contribution in [2.24, 2.45) is 0 Å². The second-order valence-corrected chi connectivity index (χ2v) is 14.6. The van der Waals surface area contributed by atoms with Crippen LogP contribution in [0.5, 0.6) is 0 Å². The van der Waals surface area contributed by atoms with E-state index in [1.807, 2.05) is 83.3 Å². The van der Waals surface area contributed by atoms with Gasteiger partial charge in [-0.2, -0.15) is 0 Å². The van der Waals surface area contributed by atoms with Crippen molar-refractivity contribution in [3.05, 3.63) is 164 Å². The molecule has 7 aromatic carbocycles. The molecule has 0 atom stereocenters. The van der Waals surface area contributed by atoms with Crippen LogP contribution in [-0.2, 0) is 0 Å². The Labute approximate surface area is 296 Å². The molecule has 0 aliphatic carbocycles. The monoisotopic (exact) mass is 673 g/mol. The summed E-state index contributed by atoms with van der Waals surface area (Å²) in [6.45, 7) is 0. The highest BCUT2D eigenvalue weighted by atomic mass is 32.1. The van der Waals surface area contributed by atoms with Gasteiger partial charge in [0.15, 0.2) is 17.5 Å². The van der Waals surface area contributed by atoms with Crippen molar-refractivity contribution >= 4 is 63.0 Å². The summed E-state index contributed by atoms with van der Waals surface area (Å²) in [6, 6.07) is 58.0. The van der Waals surface area contributed by atoms with Gasteiger partial charge in [-0.15, -0.1) is 22.7 Å². The first kappa shape index (κ1) is 29.0. The van der Waals surface area contributed by atoms with Crippen molar-refractivity contribution in [2.75, 3.05) is 0 Å². The van der Waals surface area contributed by atoms with Gasteiger partial charge in [-0.25, -0.2) is 15.0 Å². The summed E-state index contributed by atoms with van der Waals surface area (Å²) in [5, 5.41) is 5.14. The molecular formula is C45H27N3S2. The molecule has 0 aliphatic heterocycles. The molecule has 3 heterocycles. The minimum atomic E-state index is 0.667. The van der Waals surface area contributed by atoms with E-state index >= 15 is 0 Å². The molecule has 0 radical (unpaired) electrons. The molecule has 0 unspecified atom stereocenters. The maximum Gasteiger partial charge on any atom is 0.164 e. The molecule has 0 fully saturated rings. The van der Waals surface area contributed by atoms with Gasteiger partial charge in [-0.1, -0.05) is 133 Å². The molecule has 0 spiro atoms. The Morgan fingerprint density at radius 1 is 0.300 bits per heavy atom. The van der Waals surface area contributed by atoms with Crippen molar-refractivity contribution in [3.8, 4) is 56.4 Å². The fourth-order valence-electron chi connectivity index (χ4n) is 6.99. The number of hydrogen-bond acceptors (Lipinski definition) is 5. The zero-order valence-electron chi connectivity index (χ0n) is 26.7. The topological polar surface area (TPSA) is 38.7 Å². The number of thiophene rings is 2. The summed E-state index contributed by atoms with van der Waals surface area (Å²) < 4.78 is 5.11. The molecule has 0 saturated carbocycles. The number of rotatable bonds is 5. The first-order chi connectivity index (χ1) is 24.8. The molecule has 0 amide bonds. The maximum atomic E-state index is 4.97. The first-order valence-corrected chi connectivity index (χ1v) is 18.2. The lowest BCUT2D eigenvalue weighted by Gasteiger charge is -2.12. The van der Waals surface area contributed by atoms with Crippen LogP contribution in [0.25, 0.3) is 96.8 Å². The van der Waals surface area contributed by atoms with Crippen LogP contribution >= 0.6 is 22.7 Å². The Kier molecular flexibility index (Phi) is 6.86. The van der Waals surface area contributed by atoms with E-state index in [2.05, 4.69) is 103 Å². The lowest BCUT2D eigenvalue weighted by Crippen LogP contribution is -1.99.